The molecule has 1 aromatic rings. The number of rotatable bonds is 6. The van der Waals surface area contributed by atoms with E-state index in [1.807, 2.05) is 27.0 Å². The number of likely N-dealkylation sites (N-methyl/N-ethyl adjacent to an activating group) is 1. The third kappa shape index (κ3) is 4.38. The van der Waals surface area contributed by atoms with Crippen molar-refractivity contribution >= 4 is 28.8 Å². The smallest absolute Gasteiger partial charge is 0.239 e. The van der Waals surface area contributed by atoms with E-state index in [4.69, 9.17) is 22.7 Å². The first kappa shape index (κ1) is 16.2. The summed E-state index contributed by atoms with van der Waals surface area (Å²) in [6.07, 6.45) is 0. The zero-order valence-electron chi connectivity index (χ0n) is 12.3. The van der Waals surface area contributed by atoms with Crippen LogP contribution < -0.4 is 20.7 Å². The van der Waals surface area contributed by atoms with E-state index >= 15 is 0 Å². The van der Waals surface area contributed by atoms with Gasteiger partial charge in [0.15, 0.2) is 0 Å². The molecule has 0 saturated heterocycles. The molecule has 110 valence electrons. The molecule has 0 fully saturated rings. The Hall–Kier alpha value is -1.82. The number of carbonyl (C=O) groups is 1. The van der Waals surface area contributed by atoms with Crippen molar-refractivity contribution in [3.8, 4) is 5.75 Å². The molecule has 1 aromatic carbocycles. The van der Waals surface area contributed by atoms with Gasteiger partial charge < -0.3 is 20.7 Å². The van der Waals surface area contributed by atoms with Crippen molar-refractivity contribution in [1.29, 1.82) is 0 Å². The Balaban J connectivity index is 2.97. The number of ether oxygens (including phenoxy) is 1. The summed E-state index contributed by atoms with van der Waals surface area (Å²) in [6.45, 7) is 4.06. The highest BCUT2D eigenvalue weighted by Crippen LogP contribution is 2.25. The Kier molecular flexibility index (Phi) is 5.76. The van der Waals surface area contributed by atoms with E-state index in [2.05, 4.69) is 5.32 Å². The summed E-state index contributed by atoms with van der Waals surface area (Å²) < 4.78 is 5.20. The number of carbonyl (C=O) groups excluding carboxylic acids is 1. The second kappa shape index (κ2) is 7.09. The van der Waals surface area contributed by atoms with Crippen molar-refractivity contribution in [2.24, 2.45) is 5.73 Å². The van der Waals surface area contributed by atoms with Gasteiger partial charge in [-0.05, 0) is 26.0 Å². The van der Waals surface area contributed by atoms with Crippen LogP contribution in [0.15, 0.2) is 18.2 Å². The molecular formula is C14H21N3O2S. The third-order valence-electron chi connectivity index (χ3n) is 2.71. The molecule has 6 heteroatoms. The number of amides is 1. The zero-order chi connectivity index (χ0) is 15.3. The van der Waals surface area contributed by atoms with Crippen molar-refractivity contribution in [1.82, 2.24) is 5.32 Å². The molecule has 0 bridgehead atoms. The molecule has 0 atom stereocenters. The van der Waals surface area contributed by atoms with Gasteiger partial charge in [-0.25, -0.2) is 0 Å². The second-order valence-electron chi connectivity index (χ2n) is 4.83. The van der Waals surface area contributed by atoms with Gasteiger partial charge in [-0.15, -0.1) is 0 Å². The van der Waals surface area contributed by atoms with Crippen LogP contribution in [0.1, 0.15) is 19.4 Å². The summed E-state index contributed by atoms with van der Waals surface area (Å²) in [5.74, 6) is 0.635. The predicted molar refractivity (Wildman–Crippen MR) is 85.4 cm³/mol. The van der Waals surface area contributed by atoms with Gasteiger partial charge in [0, 0.05) is 24.7 Å². The first-order chi connectivity index (χ1) is 9.35. The van der Waals surface area contributed by atoms with Gasteiger partial charge in [-0.1, -0.05) is 12.2 Å². The van der Waals surface area contributed by atoms with E-state index in [-0.39, 0.29) is 18.5 Å². The molecule has 0 radical (unpaired) electrons. The topological polar surface area (TPSA) is 67.6 Å². The minimum atomic E-state index is -0.0563. The lowest BCUT2D eigenvalue weighted by atomic mass is 10.1. The molecule has 5 nitrogen and oxygen atoms in total. The van der Waals surface area contributed by atoms with Gasteiger partial charge in [0.25, 0.3) is 0 Å². The van der Waals surface area contributed by atoms with Crippen LogP contribution in [0.2, 0.25) is 0 Å². The third-order valence-corrected chi connectivity index (χ3v) is 2.93. The van der Waals surface area contributed by atoms with E-state index in [1.54, 1.807) is 24.1 Å². The van der Waals surface area contributed by atoms with Crippen LogP contribution in [0.25, 0.3) is 0 Å². The number of hydrogen-bond acceptors (Lipinski definition) is 4. The summed E-state index contributed by atoms with van der Waals surface area (Å²) in [4.78, 5) is 13.9. The maximum atomic E-state index is 11.8. The molecule has 0 aliphatic rings. The lowest BCUT2D eigenvalue weighted by Gasteiger charge is -2.23. The number of thiocarbonyl (C=S) groups is 1. The molecule has 0 aliphatic carbocycles. The average Bonchev–Trinajstić information content (AvgIpc) is 2.36. The Morgan fingerprint density at radius 2 is 2.15 bits per heavy atom. The van der Waals surface area contributed by atoms with E-state index in [1.165, 1.54) is 0 Å². The normalized spacial score (nSPS) is 10.2. The monoisotopic (exact) mass is 295 g/mol. The van der Waals surface area contributed by atoms with Gasteiger partial charge in [0.1, 0.15) is 10.7 Å². The standard InChI is InChI=1S/C14H21N3O2S/c1-9(2)16-13(18)8-17(3)12-7-10(19-4)5-6-11(12)14(15)20/h5-7,9H,8H2,1-4H3,(H2,15,20)(H,16,18). The first-order valence-corrected chi connectivity index (χ1v) is 6.74. The number of nitrogens with one attached hydrogen (secondary N) is 1. The Labute approximate surface area is 125 Å². The lowest BCUT2D eigenvalue weighted by Crippen LogP contribution is -2.39. The molecule has 0 heterocycles. The maximum Gasteiger partial charge on any atom is 0.239 e. The van der Waals surface area contributed by atoms with Gasteiger partial charge >= 0.3 is 0 Å². The minimum absolute atomic E-state index is 0.0563. The van der Waals surface area contributed by atoms with Gasteiger partial charge in [-0.2, -0.15) is 0 Å². The highest BCUT2D eigenvalue weighted by molar-refractivity contribution is 7.80. The summed E-state index contributed by atoms with van der Waals surface area (Å²) in [7, 11) is 3.40. The summed E-state index contributed by atoms with van der Waals surface area (Å²) >= 11 is 5.04. The number of nitrogens with two attached hydrogens (primary N) is 1. The quantitative estimate of drug-likeness (QED) is 0.774. The predicted octanol–water partition coefficient (Wildman–Crippen LogP) is 1.29. The molecule has 1 rings (SSSR count). The van der Waals surface area contributed by atoms with E-state index in [0.717, 1.165) is 11.3 Å². The minimum Gasteiger partial charge on any atom is -0.497 e. The fourth-order valence-electron chi connectivity index (χ4n) is 1.83. The number of methoxy groups -OCH3 is 1. The fourth-order valence-corrected chi connectivity index (χ4v) is 2.00. The van der Waals surface area contributed by atoms with Crippen molar-refractivity contribution < 1.29 is 9.53 Å². The molecule has 0 spiro atoms. The van der Waals surface area contributed by atoms with E-state index in [9.17, 15) is 4.79 Å². The molecule has 0 saturated carbocycles. The molecule has 3 N–H and O–H groups in total. The number of anilines is 1. The molecule has 0 unspecified atom stereocenters. The first-order valence-electron chi connectivity index (χ1n) is 6.33. The van der Waals surface area contributed by atoms with Gasteiger partial charge in [0.2, 0.25) is 5.91 Å². The molecule has 20 heavy (non-hydrogen) atoms. The zero-order valence-corrected chi connectivity index (χ0v) is 13.1. The molecule has 0 aliphatic heterocycles. The second-order valence-corrected chi connectivity index (χ2v) is 5.27. The molecule has 0 aromatic heterocycles. The fraction of sp³-hybridized carbons (Fsp3) is 0.429. The highest BCUT2D eigenvalue weighted by Gasteiger charge is 2.14. The number of hydrogen-bond donors (Lipinski definition) is 2. The van der Waals surface area contributed by atoms with Crippen LogP contribution >= 0.6 is 12.2 Å². The van der Waals surface area contributed by atoms with Crippen LogP contribution in [0.5, 0.6) is 5.75 Å². The summed E-state index contributed by atoms with van der Waals surface area (Å²) in [5, 5.41) is 2.84. The Morgan fingerprint density at radius 1 is 1.50 bits per heavy atom. The maximum absolute atomic E-state index is 11.8. The van der Waals surface area contributed by atoms with Gasteiger partial charge in [-0.3, -0.25) is 4.79 Å². The van der Waals surface area contributed by atoms with E-state index < -0.39 is 0 Å². The van der Waals surface area contributed by atoms with Crippen LogP contribution in [-0.4, -0.2) is 37.6 Å². The average molecular weight is 295 g/mol. The Bertz CT molecular complexity index is 503. The number of nitrogens with zero attached hydrogens (tertiary/aromatic N) is 1. The lowest BCUT2D eigenvalue weighted by molar-refractivity contribution is -0.120. The SMILES string of the molecule is COc1ccc(C(N)=S)c(N(C)CC(=O)NC(C)C)c1. The van der Waals surface area contributed by atoms with Crippen LogP contribution in [0, 0.1) is 0 Å². The number of benzene rings is 1. The van der Waals surface area contributed by atoms with Gasteiger partial charge in [0.05, 0.1) is 19.3 Å². The van der Waals surface area contributed by atoms with Crippen LogP contribution in [0.4, 0.5) is 5.69 Å². The largest absolute Gasteiger partial charge is 0.497 e. The Morgan fingerprint density at radius 3 is 2.65 bits per heavy atom. The van der Waals surface area contributed by atoms with Crippen molar-refractivity contribution in [2.45, 2.75) is 19.9 Å². The molecular weight excluding hydrogens is 274 g/mol. The van der Waals surface area contributed by atoms with Crippen molar-refractivity contribution in [3.63, 3.8) is 0 Å². The van der Waals surface area contributed by atoms with Crippen LogP contribution in [-0.2, 0) is 4.79 Å². The highest BCUT2D eigenvalue weighted by atomic mass is 32.1. The molecule has 1 amide bonds. The summed E-state index contributed by atoms with van der Waals surface area (Å²) in [5.41, 5.74) is 7.22. The van der Waals surface area contributed by atoms with Crippen molar-refractivity contribution in [2.75, 3.05) is 25.6 Å². The summed E-state index contributed by atoms with van der Waals surface area (Å²) in [6, 6.07) is 5.51. The van der Waals surface area contributed by atoms with Crippen molar-refractivity contribution in [3.05, 3.63) is 23.8 Å². The van der Waals surface area contributed by atoms with Crippen LogP contribution in [0.3, 0.4) is 0 Å². The van der Waals surface area contributed by atoms with E-state index in [0.29, 0.717) is 10.7 Å².